The van der Waals surface area contributed by atoms with Crippen LogP contribution in [-0.2, 0) is 4.74 Å². The Hall–Kier alpha value is -0.0800. The Bertz CT molecular complexity index is 130. The smallest absolute Gasteiger partial charge is 0.0469 e. The topological polar surface area (TPSA) is 21.3 Å². The molecule has 1 rings (SSSR count). The second kappa shape index (κ2) is 5.61. The molecule has 1 atom stereocenters. The Morgan fingerprint density at radius 2 is 1.85 bits per heavy atom. The average Bonchev–Trinajstić information content (AvgIpc) is 2.15. The lowest BCUT2D eigenvalue weighted by atomic mass is 9.93. The molecule has 1 unspecified atom stereocenters. The summed E-state index contributed by atoms with van der Waals surface area (Å²) in [5, 5.41) is 3.60. The van der Waals surface area contributed by atoms with Gasteiger partial charge in [-0.1, -0.05) is 13.8 Å². The third-order valence-corrected chi connectivity index (χ3v) is 2.82. The van der Waals surface area contributed by atoms with Gasteiger partial charge in [0.2, 0.25) is 0 Å². The van der Waals surface area contributed by atoms with E-state index in [1.54, 1.807) is 0 Å². The zero-order chi connectivity index (χ0) is 9.68. The first kappa shape index (κ1) is 11.0. The minimum absolute atomic E-state index is 0.659. The van der Waals surface area contributed by atoms with Gasteiger partial charge in [0, 0.05) is 19.3 Å². The first-order chi connectivity index (χ1) is 6.20. The van der Waals surface area contributed by atoms with E-state index < -0.39 is 0 Å². The molecule has 0 aromatic rings. The van der Waals surface area contributed by atoms with Crippen molar-refractivity contribution < 1.29 is 4.74 Å². The highest BCUT2D eigenvalue weighted by molar-refractivity contribution is 4.74. The van der Waals surface area contributed by atoms with Crippen LogP contribution in [0, 0.1) is 11.8 Å². The van der Waals surface area contributed by atoms with Crippen LogP contribution < -0.4 is 5.32 Å². The molecule has 1 saturated heterocycles. The monoisotopic (exact) mass is 185 g/mol. The minimum atomic E-state index is 0.659. The average molecular weight is 185 g/mol. The molecule has 0 bridgehead atoms. The van der Waals surface area contributed by atoms with Crippen molar-refractivity contribution in [3.05, 3.63) is 0 Å². The van der Waals surface area contributed by atoms with Gasteiger partial charge in [-0.05, 0) is 38.1 Å². The van der Waals surface area contributed by atoms with Gasteiger partial charge in [-0.15, -0.1) is 0 Å². The highest BCUT2D eigenvalue weighted by atomic mass is 16.5. The van der Waals surface area contributed by atoms with Crippen molar-refractivity contribution in [3.8, 4) is 0 Å². The predicted octanol–water partition coefficient (Wildman–Crippen LogP) is 2.05. The molecule has 1 fully saturated rings. The molecule has 2 nitrogen and oxygen atoms in total. The van der Waals surface area contributed by atoms with Gasteiger partial charge >= 0.3 is 0 Å². The largest absolute Gasteiger partial charge is 0.381 e. The normalized spacial score (nSPS) is 22.2. The Balaban J connectivity index is 2.17. The molecule has 2 heteroatoms. The van der Waals surface area contributed by atoms with E-state index in [4.69, 9.17) is 4.74 Å². The van der Waals surface area contributed by atoms with Crippen LogP contribution in [0.4, 0.5) is 0 Å². The number of hydrogen-bond acceptors (Lipinski definition) is 2. The third-order valence-electron chi connectivity index (χ3n) is 2.82. The van der Waals surface area contributed by atoms with Crippen molar-refractivity contribution in [2.24, 2.45) is 11.8 Å². The van der Waals surface area contributed by atoms with E-state index in [9.17, 15) is 0 Å². The summed E-state index contributed by atoms with van der Waals surface area (Å²) in [4.78, 5) is 0. The van der Waals surface area contributed by atoms with Gasteiger partial charge in [0.05, 0.1) is 0 Å². The van der Waals surface area contributed by atoms with Crippen molar-refractivity contribution in [2.75, 3.05) is 19.8 Å². The van der Waals surface area contributed by atoms with E-state index in [0.717, 1.165) is 31.6 Å². The van der Waals surface area contributed by atoms with Gasteiger partial charge < -0.3 is 10.1 Å². The lowest BCUT2D eigenvalue weighted by molar-refractivity contribution is 0.0556. The molecule has 0 amide bonds. The summed E-state index contributed by atoms with van der Waals surface area (Å²) >= 11 is 0. The van der Waals surface area contributed by atoms with Crippen LogP contribution in [0.15, 0.2) is 0 Å². The molecule has 1 aliphatic heterocycles. The fourth-order valence-corrected chi connectivity index (χ4v) is 1.80. The van der Waals surface area contributed by atoms with Crippen LogP contribution in [0.5, 0.6) is 0 Å². The number of ether oxygens (including phenoxy) is 1. The van der Waals surface area contributed by atoms with Crippen LogP contribution in [0.1, 0.15) is 33.6 Å². The highest BCUT2D eigenvalue weighted by Crippen LogP contribution is 2.18. The van der Waals surface area contributed by atoms with Crippen LogP contribution in [0.25, 0.3) is 0 Å². The zero-order valence-corrected chi connectivity index (χ0v) is 9.18. The molecule has 78 valence electrons. The molecule has 0 spiro atoms. The molecule has 1 heterocycles. The Labute approximate surface area is 82.0 Å². The van der Waals surface area contributed by atoms with Gasteiger partial charge in [-0.2, -0.15) is 0 Å². The van der Waals surface area contributed by atoms with E-state index in [0.29, 0.717) is 6.04 Å². The lowest BCUT2D eigenvalue weighted by Crippen LogP contribution is -2.38. The van der Waals surface area contributed by atoms with Gasteiger partial charge in [-0.3, -0.25) is 0 Å². The number of hydrogen-bond donors (Lipinski definition) is 1. The SMILES string of the molecule is CC(C)CNC(C)C1CCOCC1. The molecule has 0 aromatic carbocycles. The van der Waals surface area contributed by atoms with Gasteiger partial charge in [0.1, 0.15) is 0 Å². The Morgan fingerprint density at radius 1 is 1.23 bits per heavy atom. The van der Waals surface area contributed by atoms with E-state index in [-0.39, 0.29) is 0 Å². The fourth-order valence-electron chi connectivity index (χ4n) is 1.80. The first-order valence-corrected chi connectivity index (χ1v) is 5.51. The second-order valence-corrected chi connectivity index (χ2v) is 4.54. The molecular weight excluding hydrogens is 162 g/mol. The fraction of sp³-hybridized carbons (Fsp3) is 1.00. The summed E-state index contributed by atoms with van der Waals surface area (Å²) in [6, 6.07) is 0.659. The summed E-state index contributed by atoms with van der Waals surface area (Å²) in [6.07, 6.45) is 2.46. The molecule has 0 radical (unpaired) electrons. The summed E-state index contributed by atoms with van der Waals surface area (Å²) in [6.45, 7) is 9.86. The van der Waals surface area contributed by atoms with Gasteiger partial charge in [-0.25, -0.2) is 0 Å². The molecule has 1 aliphatic rings. The maximum absolute atomic E-state index is 5.35. The van der Waals surface area contributed by atoms with Gasteiger partial charge in [0.25, 0.3) is 0 Å². The minimum Gasteiger partial charge on any atom is -0.381 e. The second-order valence-electron chi connectivity index (χ2n) is 4.54. The molecule has 0 aliphatic carbocycles. The van der Waals surface area contributed by atoms with Crippen molar-refractivity contribution in [1.29, 1.82) is 0 Å². The molecule has 0 aromatic heterocycles. The van der Waals surface area contributed by atoms with Crippen LogP contribution >= 0.6 is 0 Å². The van der Waals surface area contributed by atoms with Crippen LogP contribution in [0.2, 0.25) is 0 Å². The number of rotatable bonds is 4. The molecule has 0 saturated carbocycles. The predicted molar refractivity (Wildman–Crippen MR) is 55.8 cm³/mol. The van der Waals surface area contributed by atoms with Crippen LogP contribution in [0.3, 0.4) is 0 Å². The summed E-state index contributed by atoms with van der Waals surface area (Å²) < 4.78 is 5.35. The molecule has 13 heavy (non-hydrogen) atoms. The van der Waals surface area contributed by atoms with Crippen molar-refractivity contribution in [3.63, 3.8) is 0 Å². The Morgan fingerprint density at radius 3 is 2.38 bits per heavy atom. The quantitative estimate of drug-likeness (QED) is 0.723. The van der Waals surface area contributed by atoms with E-state index >= 15 is 0 Å². The number of nitrogens with one attached hydrogen (secondary N) is 1. The standard InChI is InChI=1S/C11H23NO/c1-9(2)8-12-10(3)11-4-6-13-7-5-11/h9-12H,4-8H2,1-3H3. The van der Waals surface area contributed by atoms with Crippen molar-refractivity contribution in [2.45, 2.75) is 39.7 Å². The van der Waals surface area contributed by atoms with Crippen molar-refractivity contribution >= 4 is 0 Å². The Kier molecular flexibility index (Phi) is 4.74. The third kappa shape index (κ3) is 4.10. The zero-order valence-electron chi connectivity index (χ0n) is 9.18. The maximum atomic E-state index is 5.35. The summed E-state index contributed by atoms with van der Waals surface area (Å²) in [5.41, 5.74) is 0. The van der Waals surface area contributed by atoms with Crippen LogP contribution in [-0.4, -0.2) is 25.8 Å². The van der Waals surface area contributed by atoms with Gasteiger partial charge in [0.15, 0.2) is 0 Å². The van der Waals surface area contributed by atoms with E-state index in [1.807, 2.05) is 0 Å². The summed E-state index contributed by atoms with van der Waals surface area (Å²) in [7, 11) is 0. The molecule has 1 N–H and O–H groups in total. The highest BCUT2D eigenvalue weighted by Gasteiger charge is 2.19. The first-order valence-electron chi connectivity index (χ1n) is 5.51. The van der Waals surface area contributed by atoms with E-state index in [1.165, 1.54) is 12.8 Å². The van der Waals surface area contributed by atoms with Crippen molar-refractivity contribution in [1.82, 2.24) is 5.32 Å². The molecular formula is C11H23NO. The maximum Gasteiger partial charge on any atom is 0.0469 e. The van der Waals surface area contributed by atoms with E-state index in [2.05, 4.69) is 26.1 Å². The lowest BCUT2D eigenvalue weighted by Gasteiger charge is -2.29. The summed E-state index contributed by atoms with van der Waals surface area (Å²) in [5.74, 6) is 1.58.